The first kappa shape index (κ1) is 24.0. The number of hydrogen-bond acceptors (Lipinski definition) is 3. The topological polar surface area (TPSA) is 86.7 Å². The Kier molecular flexibility index (Phi) is 6.78. The molecule has 0 radical (unpaired) electrons. The van der Waals surface area contributed by atoms with Crippen LogP contribution in [-0.4, -0.2) is 29.9 Å². The summed E-state index contributed by atoms with van der Waals surface area (Å²) >= 11 is 0. The number of amides is 2. The van der Waals surface area contributed by atoms with E-state index in [1.807, 2.05) is 62.4 Å². The van der Waals surface area contributed by atoms with E-state index in [4.69, 9.17) is 0 Å². The number of nitrogens with one attached hydrogen (secondary N) is 1. The zero-order valence-electron chi connectivity index (χ0n) is 20.2. The lowest BCUT2D eigenvalue weighted by Gasteiger charge is -2.40. The summed E-state index contributed by atoms with van der Waals surface area (Å²) in [4.78, 5) is 41.6. The summed E-state index contributed by atoms with van der Waals surface area (Å²) in [6.45, 7) is 4.02. The van der Waals surface area contributed by atoms with E-state index in [2.05, 4.69) is 5.32 Å². The van der Waals surface area contributed by atoms with Crippen molar-refractivity contribution >= 4 is 23.5 Å². The minimum Gasteiger partial charge on any atom is -0.481 e. The van der Waals surface area contributed by atoms with Gasteiger partial charge in [-0.05, 0) is 42.4 Å². The Morgan fingerprint density at radius 3 is 2.29 bits per heavy atom. The van der Waals surface area contributed by atoms with Gasteiger partial charge in [-0.3, -0.25) is 14.4 Å². The number of aliphatic carboxylic acids is 1. The van der Waals surface area contributed by atoms with E-state index >= 15 is 0 Å². The lowest BCUT2D eigenvalue weighted by Crippen LogP contribution is -2.51. The van der Waals surface area contributed by atoms with Crippen molar-refractivity contribution in [1.29, 1.82) is 0 Å². The lowest BCUT2D eigenvalue weighted by molar-refractivity contribution is -0.160. The Morgan fingerprint density at radius 1 is 1.03 bits per heavy atom. The van der Waals surface area contributed by atoms with Crippen molar-refractivity contribution in [2.45, 2.75) is 58.4 Å². The molecular formula is C28H34N2O4. The molecule has 6 nitrogen and oxygen atoms in total. The molecule has 2 aromatic rings. The van der Waals surface area contributed by atoms with E-state index in [9.17, 15) is 19.5 Å². The van der Waals surface area contributed by atoms with E-state index in [0.29, 0.717) is 19.3 Å². The van der Waals surface area contributed by atoms with Gasteiger partial charge in [-0.2, -0.15) is 0 Å². The predicted octanol–water partition coefficient (Wildman–Crippen LogP) is 5.18. The number of carboxylic acid groups (broad SMARTS) is 1. The van der Waals surface area contributed by atoms with Gasteiger partial charge in [-0.25, -0.2) is 0 Å². The smallest absolute Gasteiger partial charge is 0.310 e. The van der Waals surface area contributed by atoms with Crippen molar-refractivity contribution < 1.29 is 19.5 Å². The largest absolute Gasteiger partial charge is 0.481 e. The molecule has 1 aliphatic heterocycles. The number of hydrogen-bond donors (Lipinski definition) is 2. The average Bonchev–Trinajstić information content (AvgIpc) is 2.92. The number of nitrogens with zero attached hydrogens (tertiary/aromatic N) is 1. The van der Waals surface area contributed by atoms with Crippen LogP contribution in [-0.2, 0) is 14.4 Å². The van der Waals surface area contributed by atoms with Crippen LogP contribution < -0.4 is 10.2 Å². The average molecular weight is 463 g/mol. The monoisotopic (exact) mass is 462 g/mol. The fraction of sp³-hybridized carbons (Fsp3) is 0.464. The highest BCUT2D eigenvalue weighted by atomic mass is 16.4. The van der Waals surface area contributed by atoms with E-state index in [-0.39, 0.29) is 17.7 Å². The van der Waals surface area contributed by atoms with Crippen molar-refractivity contribution in [3.63, 3.8) is 0 Å². The second-order valence-corrected chi connectivity index (χ2v) is 10.1. The van der Waals surface area contributed by atoms with E-state index < -0.39 is 23.3 Å². The van der Waals surface area contributed by atoms with Crippen molar-refractivity contribution in [2.24, 2.45) is 17.3 Å². The SMILES string of the molecule is CC(C)CC(C(=O)NC1C(=O)N(C)c2ccccc2-c2ccccc21)C1(C(=O)O)CCCCC1. The molecule has 2 unspecified atom stereocenters. The molecule has 1 aliphatic carbocycles. The van der Waals surface area contributed by atoms with Gasteiger partial charge in [0.25, 0.3) is 5.91 Å². The maximum atomic E-state index is 13.9. The fourth-order valence-corrected chi connectivity index (χ4v) is 5.76. The quantitative estimate of drug-likeness (QED) is 0.619. The van der Waals surface area contributed by atoms with E-state index in [1.165, 1.54) is 0 Å². The van der Waals surface area contributed by atoms with Crippen LogP contribution in [0.5, 0.6) is 0 Å². The number of carbonyl (C=O) groups is 3. The lowest BCUT2D eigenvalue weighted by atomic mass is 9.63. The first-order valence-corrected chi connectivity index (χ1v) is 12.3. The van der Waals surface area contributed by atoms with Gasteiger partial charge in [-0.15, -0.1) is 0 Å². The van der Waals surface area contributed by atoms with Gasteiger partial charge in [0.1, 0.15) is 6.04 Å². The Labute approximate surface area is 201 Å². The highest BCUT2D eigenvalue weighted by Crippen LogP contribution is 2.46. The zero-order chi connectivity index (χ0) is 24.5. The molecule has 2 aromatic carbocycles. The molecule has 180 valence electrons. The van der Waals surface area contributed by atoms with Gasteiger partial charge in [-0.1, -0.05) is 75.6 Å². The highest BCUT2D eigenvalue weighted by Gasteiger charge is 2.50. The summed E-state index contributed by atoms with van der Waals surface area (Å²) in [5.74, 6) is -2.02. The van der Waals surface area contributed by atoms with E-state index in [1.54, 1.807) is 11.9 Å². The molecule has 0 spiro atoms. The summed E-state index contributed by atoms with van der Waals surface area (Å²) in [5, 5.41) is 13.3. The van der Waals surface area contributed by atoms with Crippen LogP contribution in [0.25, 0.3) is 11.1 Å². The first-order valence-electron chi connectivity index (χ1n) is 12.3. The van der Waals surface area contributed by atoms with Crippen LogP contribution >= 0.6 is 0 Å². The third kappa shape index (κ3) is 4.22. The molecule has 6 heteroatoms. The molecule has 1 heterocycles. The van der Waals surface area contributed by atoms with E-state index in [0.717, 1.165) is 41.6 Å². The summed E-state index contributed by atoms with van der Waals surface area (Å²) in [7, 11) is 1.72. The number of para-hydroxylation sites is 1. The van der Waals surface area contributed by atoms with Crippen molar-refractivity contribution in [3.05, 3.63) is 54.1 Å². The molecule has 0 saturated heterocycles. The fourth-order valence-electron chi connectivity index (χ4n) is 5.76. The van der Waals surface area contributed by atoms with Crippen LogP contribution in [0.4, 0.5) is 5.69 Å². The number of likely N-dealkylation sites (N-methyl/N-ethyl adjacent to an activating group) is 1. The molecule has 1 fully saturated rings. The molecule has 2 aliphatic rings. The number of carbonyl (C=O) groups excluding carboxylic acids is 2. The summed E-state index contributed by atoms with van der Waals surface area (Å²) < 4.78 is 0. The highest BCUT2D eigenvalue weighted by molar-refractivity contribution is 6.06. The summed E-state index contributed by atoms with van der Waals surface area (Å²) in [5.41, 5.74) is 2.25. The molecule has 2 amide bonds. The van der Waals surface area contributed by atoms with Crippen molar-refractivity contribution in [1.82, 2.24) is 5.32 Å². The van der Waals surface area contributed by atoms with Crippen molar-refractivity contribution in [2.75, 3.05) is 11.9 Å². The summed E-state index contributed by atoms with van der Waals surface area (Å²) in [6, 6.07) is 14.4. The minimum absolute atomic E-state index is 0.151. The van der Waals surface area contributed by atoms with Gasteiger partial charge in [0.15, 0.2) is 0 Å². The first-order chi connectivity index (χ1) is 16.3. The van der Waals surface area contributed by atoms with Gasteiger partial charge in [0.05, 0.1) is 17.0 Å². The number of rotatable bonds is 6. The number of fused-ring (bicyclic) bond motifs is 3. The zero-order valence-corrected chi connectivity index (χ0v) is 20.2. The van der Waals surface area contributed by atoms with Crippen LogP contribution in [0.3, 0.4) is 0 Å². The van der Waals surface area contributed by atoms with Gasteiger partial charge in [0.2, 0.25) is 5.91 Å². The van der Waals surface area contributed by atoms with Crippen LogP contribution in [0.2, 0.25) is 0 Å². The second kappa shape index (κ2) is 9.61. The molecule has 2 N–H and O–H groups in total. The number of carboxylic acids is 1. The third-order valence-corrected chi connectivity index (χ3v) is 7.55. The standard InChI is InChI=1S/C28H34N2O4/c1-18(2)17-22(28(27(33)34)15-9-4-10-16-28)25(31)29-24-21-13-6-5-11-19(21)20-12-7-8-14-23(20)30(3)26(24)32/h5-8,11-14,18,22,24H,4,9-10,15-17H2,1-3H3,(H,29,31)(H,33,34). The Balaban J connectivity index is 1.74. The molecule has 34 heavy (non-hydrogen) atoms. The molecule has 4 rings (SSSR count). The van der Waals surface area contributed by atoms with Gasteiger partial charge in [0, 0.05) is 12.6 Å². The molecule has 1 saturated carbocycles. The normalized spacial score (nSPS) is 20.2. The molecule has 0 aromatic heterocycles. The Morgan fingerprint density at radius 2 is 1.65 bits per heavy atom. The maximum absolute atomic E-state index is 13.9. The van der Waals surface area contributed by atoms with Crippen LogP contribution in [0.15, 0.2) is 48.5 Å². The Hall–Kier alpha value is -3.15. The second-order valence-electron chi connectivity index (χ2n) is 10.1. The number of anilines is 1. The van der Waals surface area contributed by atoms with Crippen LogP contribution in [0.1, 0.15) is 64.0 Å². The molecular weight excluding hydrogens is 428 g/mol. The van der Waals surface area contributed by atoms with Gasteiger partial charge >= 0.3 is 5.97 Å². The maximum Gasteiger partial charge on any atom is 0.310 e. The Bertz CT molecular complexity index is 1090. The molecule has 0 bridgehead atoms. The number of benzene rings is 2. The minimum atomic E-state index is -1.09. The third-order valence-electron chi connectivity index (χ3n) is 7.55. The van der Waals surface area contributed by atoms with Gasteiger partial charge < -0.3 is 15.3 Å². The molecule has 2 atom stereocenters. The predicted molar refractivity (Wildman–Crippen MR) is 132 cm³/mol. The van der Waals surface area contributed by atoms with Crippen molar-refractivity contribution in [3.8, 4) is 11.1 Å². The van der Waals surface area contributed by atoms with Crippen LogP contribution in [0, 0.1) is 17.3 Å². The summed E-state index contributed by atoms with van der Waals surface area (Å²) in [6.07, 6.45) is 4.05.